The topological polar surface area (TPSA) is 52.6 Å². The normalized spacial score (nSPS) is 10.3. The number of benzene rings is 2. The molecule has 0 N–H and O–H groups in total. The molecular formula is C20H16O4S. The lowest BCUT2D eigenvalue weighted by Crippen LogP contribution is -2.07. The molecule has 0 radical (unpaired) electrons. The number of thiophene rings is 1. The van der Waals surface area contributed by atoms with Crippen molar-refractivity contribution in [3.8, 4) is 16.2 Å². The van der Waals surface area contributed by atoms with Crippen LogP contribution in [0.3, 0.4) is 0 Å². The monoisotopic (exact) mass is 352 g/mol. The van der Waals surface area contributed by atoms with Gasteiger partial charge in [0.2, 0.25) is 0 Å². The molecule has 2 aromatic carbocycles. The number of ether oxygens (including phenoxy) is 2. The highest BCUT2D eigenvalue weighted by Gasteiger charge is 2.15. The molecule has 3 rings (SSSR count). The van der Waals surface area contributed by atoms with Gasteiger partial charge < -0.3 is 9.47 Å². The molecule has 0 aliphatic carbocycles. The molecule has 3 aromatic rings. The summed E-state index contributed by atoms with van der Waals surface area (Å²) in [5, 5.41) is 0. The minimum Gasteiger partial charge on any atom is -0.496 e. The Balaban J connectivity index is 1.79. The number of carbonyl (C=O) groups is 2. The molecule has 0 aliphatic rings. The SMILES string of the molecule is COc1cc(-c2ccc(C=O)s2)ccc1C(=O)OCc1ccccc1. The van der Waals surface area contributed by atoms with Gasteiger partial charge in [0.15, 0.2) is 6.29 Å². The second-order valence-corrected chi connectivity index (χ2v) is 6.41. The third-order valence-corrected chi connectivity index (χ3v) is 4.72. The van der Waals surface area contributed by atoms with Gasteiger partial charge in [-0.15, -0.1) is 11.3 Å². The maximum absolute atomic E-state index is 12.4. The molecular weight excluding hydrogens is 336 g/mol. The first kappa shape index (κ1) is 16.9. The molecule has 1 heterocycles. The highest BCUT2D eigenvalue weighted by atomic mass is 32.1. The molecule has 126 valence electrons. The van der Waals surface area contributed by atoms with Crippen LogP contribution in [0, 0.1) is 0 Å². The van der Waals surface area contributed by atoms with Crippen molar-refractivity contribution in [3.05, 3.63) is 76.7 Å². The molecule has 0 aliphatic heterocycles. The van der Waals surface area contributed by atoms with E-state index in [1.54, 1.807) is 18.2 Å². The first-order valence-electron chi connectivity index (χ1n) is 7.65. The van der Waals surface area contributed by atoms with Crippen LogP contribution in [0.15, 0.2) is 60.7 Å². The van der Waals surface area contributed by atoms with Gasteiger partial charge in [-0.1, -0.05) is 36.4 Å². The van der Waals surface area contributed by atoms with Gasteiger partial charge in [0.1, 0.15) is 17.9 Å². The van der Waals surface area contributed by atoms with E-state index < -0.39 is 5.97 Å². The van der Waals surface area contributed by atoms with Crippen LogP contribution in [0.1, 0.15) is 25.6 Å². The summed E-state index contributed by atoms with van der Waals surface area (Å²) in [4.78, 5) is 24.8. The standard InChI is InChI=1S/C20H16O4S/c1-23-18-11-15(19-10-8-16(12-21)25-19)7-9-17(18)20(22)24-13-14-5-3-2-4-6-14/h2-12H,13H2,1H3. The van der Waals surface area contributed by atoms with Gasteiger partial charge in [-0.05, 0) is 35.4 Å². The van der Waals surface area contributed by atoms with Crippen LogP contribution in [0.5, 0.6) is 5.75 Å². The van der Waals surface area contributed by atoms with Crippen molar-refractivity contribution >= 4 is 23.6 Å². The van der Waals surface area contributed by atoms with Crippen molar-refractivity contribution in [2.75, 3.05) is 7.11 Å². The van der Waals surface area contributed by atoms with Crippen molar-refractivity contribution in [1.82, 2.24) is 0 Å². The summed E-state index contributed by atoms with van der Waals surface area (Å²) in [5.41, 5.74) is 2.18. The van der Waals surface area contributed by atoms with Crippen LogP contribution >= 0.6 is 11.3 Å². The Kier molecular flexibility index (Phi) is 5.26. The number of hydrogen-bond donors (Lipinski definition) is 0. The summed E-state index contributed by atoms with van der Waals surface area (Å²) in [5.74, 6) is 0.00336. The molecule has 0 saturated carbocycles. The molecule has 0 saturated heterocycles. The second kappa shape index (κ2) is 7.77. The molecule has 0 spiro atoms. The van der Waals surface area contributed by atoms with Gasteiger partial charge in [-0.3, -0.25) is 4.79 Å². The number of carbonyl (C=O) groups excluding carboxylic acids is 2. The maximum atomic E-state index is 12.4. The Bertz CT molecular complexity index is 884. The zero-order valence-corrected chi connectivity index (χ0v) is 14.4. The molecule has 0 unspecified atom stereocenters. The van der Waals surface area contributed by atoms with Crippen LogP contribution in [0.4, 0.5) is 0 Å². The van der Waals surface area contributed by atoms with E-state index in [1.807, 2.05) is 42.5 Å². The van der Waals surface area contributed by atoms with Crippen molar-refractivity contribution in [2.24, 2.45) is 0 Å². The van der Waals surface area contributed by atoms with Gasteiger partial charge in [0.05, 0.1) is 12.0 Å². The van der Waals surface area contributed by atoms with Crippen LogP contribution in [-0.4, -0.2) is 19.4 Å². The van der Waals surface area contributed by atoms with E-state index >= 15 is 0 Å². The van der Waals surface area contributed by atoms with Gasteiger partial charge in [0.25, 0.3) is 0 Å². The summed E-state index contributed by atoms with van der Waals surface area (Å²) >= 11 is 1.39. The average molecular weight is 352 g/mol. The molecule has 1 aromatic heterocycles. The minimum absolute atomic E-state index is 0.207. The Labute approximate surface area is 149 Å². The van der Waals surface area contributed by atoms with Crippen molar-refractivity contribution < 1.29 is 19.1 Å². The molecule has 4 nitrogen and oxygen atoms in total. The zero-order valence-electron chi connectivity index (χ0n) is 13.6. The fourth-order valence-electron chi connectivity index (χ4n) is 2.39. The molecule has 0 fully saturated rings. The van der Waals surface area contributed by atoms with Gasteiger partial charge >= 0.3 is 5.97 Å². The Morgan fingerprint density at radius 2 is 1.88 bits per heavy atom. The highest BCUT2D eigenvalue weighted by molar-refractivity contribution is 7.17. The quantitative estimate of drug-likeness (QED) is 0.481. The van der Waals surface area contributed by atoms with Gasteiger partial charge in [0, 0.05) is 4.88 Å². The Morgan fingerprint density at radius 3 is 2.56 bits per heavy atom. The molecule has 0 amide bonds. The fraction of sp³-hybridized carbons (Fsp3) is 0.100. The Hall–Kier alpha value is -2.92. The van der Waals surface area contributed by atoms with E-state index in [0.29, 0.717) is 16.2 Å². The third-order valence-electron chi connectivity index (χ3n) is 3.66. The van der Waals surface area contributed by atoms with E-state index in [9.17, 15) is 9.59 Å². The van der Waals surface area contributed by atoms with Crippen molar-refractivity contribution in [2.45, 2.75) is 6.61 Å². The predicted molar refractivity (Wildman–Crippen MR) is 97.3 cm³/mol. The van der Waals surface area contributed by atoms with E-state index in [0.717, 1.165) is 22.3 Å². The number of hydrogen-bond acceptors (Lipinski definition) is 5. The van der Waals surface area contributed by atoms with E-state index in [1.165, 1.54) is 18.4 Å². The van der Waals surface area contributed by atoms with E-state index in [4.69, 9.17) is 9.47 Å². The van der Waals surface area contributed by atoms with Crippen LogP contribution in [-0.2, 0) is 11.3 Å². The van der Waals surface area contributed by atoms with Crippen LogP contribution in [0.2, 0.25) is 0 Å². The van der Waals surface area contributed by atoms with Crippen LogP contribution in [0.25, 0.3) is 10.4 Å². The summed E-state index contributed by atoms with van der Waals surface area (Å²) in [6.07, 6.45) is 0.820. The average Bonchev–Trinajstić information content (AvgIpc) is 3.15. The van der Waals surface area contributed by atoms with E-state index in [-0.39, 0.29) is 6.61 Å². The van der Waals surface area contributed by atoms with Gasteiger partial charge in [-0.25, -0.2) is 4.79 Å². The number of rotatable bonds is 6. The van der Waals surface area contributed by atoms with Crippen molar-refractivity contribution in [1.29, 1.82) is 0 Å². The number of esters is 1. The van der Waals surface area contributed by atoms with Crippen LogP contribution < -0.4 is 4.74 Å². The lowest BCUT2D eigenvalue weighted by atomic mass is 10.1. The lowest BCUT2D eigenvalue weighted by Gasteiger charge is -2.10. The molecule has 0 bridgehead atoms. The first-order valence-corrected chi connectivity index (χ1v) is 8.47. The van der Waals surface area contributed by atoms with Crippen molar-refractivity contribution in [3.63, 3.8) is 0 Å². The number of aldehydes is 1. The lowest BCUT2D eigenvalue weighted by molar-refractivity contribution is 0.0469. The second-order valence-electron chi connectivity index (χ2n) is 5.30. The first-order chi connectivity index (χ1) is 12.2. The smallest absolute Gasteiger partial charge is 0.342 e. The maximum Gasteiger partial charge on any atom is 0.342 e. The summed E-state index contributed by atoms with van der Waals surface area (Å²) < 4.78 is 10.7. The zero-order chi connectivity index (χ0) is 17.6. The molecule has 0 atom stereocenters. The predicted octanol–water partition coefficient (Wildman–Crippen LogP) is 4.59. The summed E-state index contributed by atoms with van der Waals surface area (Å²) in [6.45, 7) is 0.207. The van der Waals surface area contributed by atoms with Gasteiger partial charge in [-0.2, -0.15) is 0 Å². The van der Waals surface area contributed by atoms with E-state index in [2.05, 4.69) is 0 Å². The fourth-order valence-corrected chi connectivity index (χ4v) is 3.20. The highest BCUT2D eigenvalue weighted by Crippen LogP contribution is 2.32. The molecule has 25 heavy (non-hydrogen) atoms. The minimum atomic E-state index is -0.438. The third kappa shape index (κ3) is 3.95. The Morgan fingerprint density at radius 1 is 1.08 bits per heavy atom. The summed E-state index contributed by atoms with van der Waals surface area (Å²) in [7, 11) is 1.51. The molecule has 5 heteroatoms. The summed E-state index contributed by atoms with van der Waals surface area (Å²) in [6, 6.07) is 18.4. The largest absolute Gasteiger partial charge is 0.496 e. The number of methoxy groups -OCH3 is 1.